The van der Waals surface area contributed by atoms with Crippen LogP contribution in [0.3, 0.4) is 0 Å². The van der Waals surface area contributed by atoms with Crippen molar-refractivity contribution < 1.29 is 0 Å². The van der Waals surface area contributed by atoms with Crippen LogP contribution >= 0.6 is 0 Å². The minimum atomic E-state index is 0.0674. The van der Waals surface area contributed by atoms with Gasteiger partial charge in [-0.3, -0.25) is 9.97 Å². The summed E-state index contributed by atoms with van der Waals surface area (Å²) in [5.41, 5.74) is 8.61. The highest BCUT2D eigenvalue weighted by Crippen LogP contribution is 2.37. The molecule has 2 nitrogen and oxygen atoms in total. The van der Waals surface area contributed by atoms with Crippen molar-refractivity contribution in [3.8, 4) is 22.5 Å². The Morgan fingerprint density at radius 1 is 0.821 bits per heavy atom. The van der Waals surface area contributed by atoms with Crippen LogP contribution in [0.1, 0.15) is 37.5 Å². The first-order valence-corrected chi connectivity index (χ1v) is 9.97. The standard InChI is InChI=1S/C26H24N2/c1-26(2,3)23-14-20(13-18-7-4-5-9-21(18)23)24-15-22-19(16-28-24)11-10-17-8-6-12-27-25(17)22/h4-9,12-16H,10-11H2,1-3H3. The molecule has 0 fully saturated rings. The predicted molar refractivity (Wildman–Crippen MR) is 117 cm³/mol. The Balaban J connectivity index is 1.72. The zero-order chi connectivity index (χ0) is 19.3. The van der Waals surface area contributed by atoms with Crippen LogP contribution in [0.2, 0.25) is 0 Å². The van der Waals surface area contributed by atoms with E-state index in [2.05, 4.69) is 74.3 Å². The van der Waals surface area contributed by atoms with Gasteiger partial charge in [0.05, 0.1) is 11.4 Å². The van der Waals surface area contributed by atoms with Crippen LogP contribution in [0.4, 0.5) is 0 Å². The molecule has 0 aliphatic heterocycles. The number of hydrogen-bond donors (Lipinski definition) is 0. The molecule has 0 spiro atoms. The molecule has 0 saturated carbocycles. The number of aromatic nitrogens is 2. The number of rotatable bonds is 1. The van der Waals surface area contributed by atoms with Crippen molar-refractivity contribution in [3.63, 3.8) is 0 Å². The number of pyridine rings is 2. The molecule has 0 bridgehead atoms. The molecule has 28 heavy (non-hydrogen) atoms. The molecule has 2 heterocycles. The van der Waals surface area contributed by atoms with Crippen molar-refractivity contribution >= 4 is 10.8 Å². The predicted octanol–water partition coefficient (Wildman–Crippen LogP) is 6.36. The fourth-order valence-corrected chi connectivity index (χ4v) is 4.29. The maximum Gasteiger partial charge on any atom is 0.0738 e. The quantitative estimate of drug-likeness (QED) is 0.393. The summed E-state index contributed by atoms with van der Waals surface area (Å²) in [6.07, 6.45) is 6.02. The molecular weight excluding hydrogens is 340 g/mol. The van der Waals surface area contributed by atoms with Gasteiger partial charge >= 0.3 is 0 Å². The van der Waals surface area contributed by atoms with Crippen molar-refractivity contribution in [3.05, 3.63) is 83.7 Å². The van der Waals surface area contributed by atoms with Crippen LogP contribution in [0.5, 0.6) is 0 Å². The van der Waals surface area contributed by atoms with Crippen molar-refractivity contribution in [2.75, 3.05) is 0 Å². The molecule has 2 aromatic heterocycles. The minimum absolute atomic E-state index is 0.0674. The fraction of sp³-hybridized carbons (Fsp3) is 0.231. The molecule has 0 amide bonds. The molecule has 2 heteroatoms. The average Bonchev–Trinajstić information content (AvgIpc) is 2.71. The van der Waals surface area contributed by atoms with Crippen molar-refractivity contribution in [2.45, 2.75) is 39.0 Å². The molecule has 1 aliphatic rings. The first-order valence-electron chi connectivity index (χ1n) is 9.97. The van der Waals surface area contributed by atoms with E-state index in [4.69, 9.17) is 4.98 Å². The lowest BCUT2D eigenvalue weighted by Gasteiger charge is -2.23. The van der Waals surface area contributed by atoms with E-state index in [1.165, 1.54) is 38.6 Å². The summed E-state index contributed by atoms with van der Waals surface area (Å²) in [6.45, 7) is 6.83. The molecule has 2 aromatic carbocycles. The van der Waals surface area contributed by atoms with Gasteiger partial charge in [0.1, 0.15) is 0 Å². The zero-order valence-electron chi connectivity index (χ0n) is 16.7. The average molecular weight is 364 g/mol. The van der Waals surface area contributed by atoms with E-state index in [0.29, 0.717) is 0 Å². The second-order valence-corrected chi connectivity index (χ2v) is 8.73. The van der Waals surface area contributed by atoms with Crippen LogP contribution in [0, 0.1) is 0 Å². The van der Waals surface area contributed by atoms with Gasteiger partial charge in [-0.2, -0.15) is 0 Å². The number of benzene rings is 2. The van der Waals surface area contributed by atoms with E-state index in [0.717, 1.165) is 24.2 Å². The van der Waals surface area contributed by atoms with Gasteiger partial charge in [-0.05, 0) is 70.0 Å². The summed E-state index contributed by atoms with van der Waals surface area (Å²) in [5.74, 6) is 0. The highest BCUT2D eigenvalue weighted by Gasteiger charge is 2.21. The molecule has 138 valence electrons. The smallest absolute Gasteiger partial charge is 0.0738 e. The second-order valence-electron chi connectivity index (χ2n) is 8.73. The summed E-state index contributed by atoms with van der Waals surface area (Å²) < 4.78 is 0. The van der Waals surface area contributed by atoms with E-state index < -0.39 is 0 Å². The molecule has 0 radical (unpaired) electrons. The molecule has 0 N–H and O–H groups in total. The van der Waals surface area contributed by atoms with Crippen molar-refractivity contribution in [1.29, 1.82) is 0 Å². The highest BCUT2D eigenvalue weighted by molar-refractivity contribution is 5.91. The van der Waals surface area contributed by atoms with Crippen molar-refractivity contribution in [1.82, 2.24) is 9.97 Å². The number of hydrogen-bond acceptors (Lipinski definition) is 2. The van der Waals surface area contributed by atoms with Gasteiger partial charge in [0.25, 0.3) is 0 Å². The monoisotopic (exact) mass is 364 g/mol. The summed E-state index contributed by atoms with van der Waals surface area (Å²) in [4.78, 5) is 9.51. The Morgan fingerprint density at radius 2 is 1.64 bits per heavy atom. The SMILES string of the molecule is CC(C)(C)c1cc(-c2cc3c(cn2)CCc2cccnc2-3)cc2ccccc12. The Hall–Kier alpha value is -3.00. The Morgan fingerprint density at radius 3 is 2.50 bits per heavy atom. The van der Waals surface area contributed by atoms with Gasteiger partial charge < -0.3 is 0 Å². The van der Waals surface area contributed by atoms with Gasteiger partial charge in [0.2, 0.25) is 0 Å². The van der Waals surface area contributed by atoms with E-state index in [-0.39, 0.29) is 5.41 Å². The Labute approximate surface area is 166 Å². The topological polar surface area (TPSA) is 25.8 Å². The van der Waals surface area contributed by atoms with Gasteiger partial charge in [0, 0.05) is 23.5 Å². The molecule has 5 rings (SSSR count). The third-order valence-electron chi connectivity index (χ3n) is 5.76. The van der Waals surface area contributed by atoms with Crippen LogP contribution in [-0.2, 0) is 18.3 Å². The molecule has 0 unspecified atom stereocenters. The van der Waals surface area contributed by atoms with Crippen LogP contribution in [0.25, 0.3) is 33.3 Å². The number of nitrogens with zero attached hydrogens (tertiary/aromatic N) is 2. The third-order valence-corrected chi connectivity index (χ3v) is 5.76. The fourth-order valence-electron chi connectivity index (χ4n) is 4.29. The van der Waals surface area contributed by atoms with Crippen molar-refractivity contribution in [2.24, 2.45) is 0 Å². The lowest BCUT2D eigenvalue weighted by atomic mass is 9.82. The maximum absolute atomic E-state index is 4.84. The Bertz CT molecular complexity index is 1200. The first-order chi connectivity index (χ1) is 13.5. The lowest BCUT2D eigenvalue weighted by Crippen LogP contribution is -2.12. The molecular formula is C26H24N2. The van der Waals surface area contributed by atoms with Crippen LogP contribution < -0.4 is 0 Å². The maximum atomic E-state index is 4.84. The number of fused-ring (bicyclic) bond motifs is 4. The van der Waals surface area contributed by atoms with Gasteiger partial charge in [-0.15, -0.1) is 0 Å². The lowest BCUT2D eigenvalue weighted by molar-refractivity contribution is 0.596. The summed E-state index contributed by atoms with van der Waals surface area (Å²) in [6, 6.07) is 19.7. The van der Waals surface area contributed by atoms with Gasteiger partial charge in [0.15, 0.2) is 0 Å². The first kappa shape index (κ1) is 17.1. The normalized spacial score (nSPS) is 13.2. The van der Waals surface area contributed by atoms with E-state index in [1.54, 1.807) is 0 Å². The second kappa shape index (κ2) is 6.27. The van der Waals surface area contributed by atoms with E-state index in [1.807, 2.05) is 18.5 Å². The van der Waals surface area contributed by atoms with E-state index >= 15 is 0 Å². The van der Waals surface area contributed by atoms with Gasteiger partial charge in [-0.25, -0.2) is 0 Å². The highest BCUT2D eigenvalue weighted by atomic mass is 14.7. The summed E-state index contributed by atoms with van der Waals surface area (Å²) in [7, 11) is 0. The van der Waals surface area contributed by atoms with E-state index in [9.17, 15) is 0 Å². The van der Waals surface area contributed by atoms with Crippen LogP contribution in [0.15, 0.2) is 67.0 Å². The molecule has 1 aliphatic carbocycles. The van der Waals surface area contributed by atoms with Gasteiger partial charge in [-0.1, -0.05) is 51.1 Å². The van der Waals surface area contributed by atoms with Crippen LogP contribution in [-0.4, -0.2) is 9.97 Å². The largest absolute Gasteiger partial charge is 0.256 e. The third kappa shape index (κ3) is 2.80. The zero-order valence-corrected chi connectivity index (χ0v) is 16.7. The molecule has 0 atom stereocenters. The summed E-state index contributed by atoms with van der Waals surface area (Å²) in [5, 5.41) is 2.59. The minimum Gasteiger partial charge on any atom is -0.256 e. The number of aryl methyl sites for hydroxylation is 2. The molecule has 0 saturated heterocycles. The molecule has 4 aromatic rings. The Kier molecular flexibility index (Phi) is 3.83. The summed E-state index contributed by atoms with van der Waals surface area (Å²) >= 11 is 0.